The number of fused-ring (bicyclic) bond motifs is 1. The Kier molecular flexibility index (Phi) is 5.59. The number of hydrogen-bond acceptors (Lipinski definition) is 3. The lowest BCUT2D eigenvalue weighted by Gasteiger charge is -2.23. The Morgan fingerprint density at radius 3 is 2.37 bits per heavy atom. The van der Waals surface area contributed by atoms with Gasteiger partial charge in [-0.05, 0) is 52.7 Å². The molecule has 4 aromatic rings. The minimum atomic E-state index is -0.639. The van der Waals surface area contributed by atoms with Crippen LogP contribution in [0.5, 0.6) is 11.5 Å². The molecule has 0 aliphatic heterocycles. The smallest absolute Gasteiger partial charge is 0.252 e. The van der Waals surface area contributed by atoms with E-state index in [4.69, 9.17) is 16.3 Å². The SMILES string of the molecule is COc1ccc(C(=O)N[C@@H](c2ccccc2Cl)c2c(O)ccc3ccccc23)cc1. The molecule has 4 aromatic carbocycles. The van der Waals surface area contributed by atoms with Crippen molar-refractivity contribution in [1.29, 1.82) is 0 Å². The average Bonchev–Trinajstić information content (AvgIpc) is 2.78. The molecule has 0 radical (unpaired) electrons. The van der Waals surface area contributed by atoms with Gasteiger partial charge in [0.15, 0.2) is 0 Å². The van der Waals surface area contributed by atoms with Crippen molar-refractivity contribution in [2.75, 3.05) is 7.11 Å². The molecule has 0 aliphatic carbocycles. The number of methoxy groups -OCH3 is 1. The van der Waals surface area contributed by atoms with Gasteiger partial charge in [0, 0.05) is 16.1 Å². The highest BCUT2D eigenvalue weighted by Crippen LogP contribution is 2.38. The van der Waals surface area contributed by atoms with Crippen LogP contribution >= 0.6 is 11.6 Å². The first kappa shape index (κ1) is 19.8. The quantitative estimate of drug-likeness (QED) is 0.436. The van der Waals surface area contributed by atoms with E-state index in [1.54, 1.807) is 43.5 Å². The fraction of sp³-hybridized carbons (Fsp3) is 0.0800. The number of amides is 1. The van der Waals surface area contributed by atoms with Crippen molar-refractivity contribution in [1.82, 2.24) is 5.32 Å². The number of halogens is 1. The number of carbonyl (C=O) groups is 1. The van der Waals surface area contributed by atoms with E-state index in [-0.39, 0.29) is 11.7 Å². The summed E-state index contributed by atoms with van der Waals surface area (Å²) in [6, 6.07) is 24.7. The summed E-state index contributed by atoms with van der Waals surface area (Å²) in [4.78, 5) is 13.1. The lowest BCUT2D eigenvalue weighted by molar-refractivity contribution is 0.0943. The maximum atomic E-state index is 13.1. The number of carbonyl (C=O) groups excluding carboxylic acids is 1. The van der Waals surface area contributed by atoms with Crippen molar-refractivity contribution < 1.29 is 14.6 Å². The highest BCUT2D eigenvalue weighted by molar-refractivity contribution is 6.31. The molecule has 30 heavy (non-hydrogen) atoms. The van der Waals surface area contributed by atoms with Crippen LogP contribution in [-0.2, 0) is 0 Å². The van der Waals surface area contributed by atoms with Gasteiger partial charge in [-0.1, -0.05) is 60.1 Å². The van der Waals surface area contributed by atoms with E-state index >= 15 is 0 Å². The van der Waals surface area contributed by atoms with Gasteiger partial charge >= 0.3 is 0 Å². The van der Waals surface area contributed by atoms with Crippen LogP contribution in [0.1, 0.15) is 27.5 Å². The molecular formula is C25H20ClNO3. The largest absolute Gasteiger partial charge is 0.508 e. The highest BCUT2D eigenvalue weighted by Gasteiger charge is 2.24. The molecular weight excluding hydrogens is 398 g/mol. The molecule has 4 nitrogen and oxygen atoms in total. The zero-order valence-electron chi connectivity index (χ0n) is 16.3. The second-order valence-electron chi connectivity index (χ2n) is 6.88. The summed E-state index contributed by atoms with van der Waals surface area (Å²) >= 11 is 6.49. The molecule has 0 saturated heterocycles. The van der Waals surface area contributed by atoms with Gasteiger partial charge in [-0.25, -0.2) is 0 Å². The van der Waals surface area contributed by atoms with Gasteiger partial charge in [0.1, 0.15) is 11.5 Å². The third-order valence-corrected chi connectivity index (χ3v) is 5.42. The third-order valence-electron chi connectivity index (χ3n) is 5.08. The van der Waals surface area contributed by atoms with Gasteiger partial charge < -0.3 is 15.2 Å². The first-order valence-corrected chi connectivity index (χ1v) is 9.86. The van der Waals surface area contributed by atoms with E-state index in [9.17, 15) is 9.90 Å². The number of nitrogens with one attached hydrogen (secondary N) is 1. The summed E-state index contributed by atoms with van der Waals surface area (Å²) in [6.07, 6.45) is 0. The van der Waals surface area contributed by atoms with Crippen LogP contribution in [0.15, 0.2) is 84.9 Å². The highest BCUT2D eigenvalue weighted by atomic mass is 35.5. The predicted octanol–water partition coefficient (Wildman–Crippen LogP) is 5.73. The monoisotopic (exact) mass is 417 g/mol. The van der Waals surface area contributed by atoms with Gasteiger partial charge in [-0.2, -0.15) is 0 Å². The van der Waals surface area contributed by atoms with Crippen molar-refractivity contribution in [2.24, 2.45) is 0 Å². The van der Waals surface area contributed by atoms with Crippen molar-refractivity contribution in [3.63, 3.8) is 0 Å². The number of phenolic OH excluding ortho intramolecular Hbond substituents is 1. The Bertz CT molecular complexity index is 1200. The average molecular weight is 418 g/mol. The lowest BCUT2D eigenvalue weighted by Crippen LogP contribution is -2.29. The summed E-state index contributed by atoms with van der Waals surface area (Å²) in [5, 5.41) is 16.1. The number of rotatable bonds is 5. The topological polar surface area (TPSA) is 58.6 Å². The van der Waals surface area contributed by atoms with Crippen molar-refractivity contribution in [3.05, 3.63) is 107 Å². The molecule has 0 heterocycles. The second kappa shape index (κ2) is 8.47. The molecule has 0 bridgehead atoms. The van der Waals surface area contributed by atoms with E-state index < -0.39 is 6.04 Å². The normalized spacial score (nSPS) is 11.8. The van der Waals surface area contributed by atoms with Gasteiger partial charge in [-0.15, -0.1) is 0 Å². The Balaban J connectivity index is 1.83. The van der Waals surface area contributed by atoms with Crippen LogP contribution < -0.4 is 10.1 Å². The molecule has 1 atom stereocenters. The Morgan fingerprint density at radius 2 is 1.63 bits per heavy atom. The molecule has 0 unspecified atom stereocenters. The van der Waals surface area contributed by atoms with Gasteiger partial charge in [0.25, 0.3) is 5.91 Å². The summed E-state index contributed by atoms with van der Waals surface area (Å²) < 4.78 is 5.17. The lowest BCUT2D eigenvalue weighted by atomic mass is 9.92. The molecule has 4 rings (SSSR count). The Morgan fingerprint density at radius 1 is 0.933 bits per heavy atom. The number of benzene rings is 4. The van der Waals surface area contributed by atoms with Crippen LogP contribution in [-0.4, -0.2) is 18.1 Å². The number of aromatic hydroxyl groups is 1. The second-order valence-corrected chi connectivity index (χ2v) is 7.28. The first-order chi connectivity index (χ1) is 14.6. The minimum Gasteiger partial charge on any atom is -0.508 e. The van der Waals surface area contributed by atoms with Crippen LogP contribution in [0.25, 0.3) is 10.8 Å². The number of phenols is 1. The van der Waals surface area contributed by atoms with Gasteiger partial charge in [-0.3, -0.25) is 4.79 Å². The van der Waals surface area contributed by atoms with Crippen LogP contribution in [0.3, 0.4) is 0 Å². The zero-order chi connectivity index (χ0) is 21.1. The summed E-state index contributed by atoms with van der Waals surface area (Å²) in [5.74, 6) is 0.476. The van der Waals surface area contributed by atoms with Crippen molar-refractivity contribution in [2.45, 2.75) is 6.04 Å². The molecule has 0 aromatic heterocycles. The van der Waals surface area contributed by atoms with Crippen LogP contribution in [0.2, 0.25) is 5.02 Å². The van der Waals surface area contributed by atoms with Crippen molar-refractivity contribution in [3.8, 4) is 11.5 Å². The summed E-state index contributed by atoms with van der Waals surface area (Å²) in [5.41, 5.74) is 1.78. The van der Waals surface area contributed by atoms with Crippen LogP contribution in [0, 0.1) is 0 Å². The maximum absolute atomic E-state index is 13.1. The molecule has 0 saturated carbocycles. The van der Waals surface area contributed by atoms with E-state index in [2.05, 4.69) is 5.32 Å². The molecule has 150 valence electrons. The molecule has 1 amide bonds. The Hall–Kier alpha value is -3.50. The van der Waals surface area contributed by atoms with Gasteiger partial charge in [0.05, 0.1) is 13.2 Å². The van der Waals surface area contributed by atoms with E-state index in [0.29, 0.717) is 27.5 Å². The molecule has 5 heteroatoms. The van der Waals surface area contributed by atoms with E-state index in [1.807, 2.05) is 48.5 Å². The third kappa shape index (κ3) is 3.82. The maximum Gasteiger partial charge on any atom is 0.252 e. The molecule has 2 N–H and O–H groups in total. The predicted molar refractivity (Wildman–Crippen MR) is 119 cm³/mol. The zero-order valence-corrected chi connectivity index (χ0v) is 17.1. The minimum absolute atomic E-state index is 0.0913. The molecule has 0 fully saturated rings. The van der Waals surface area contributed by atoms with Crippen LogP contribution in [0.4, 0.5) is 0 Å². The Labute approximate surface area is 179 Å². The molecule has 0 spiro atoms. The fourth-order valence-corrected chi connectivity index (χ4v) is 3.80. The first-order valence-electron chi connectivity index (χ1n) is 9.48. The molecule has 0 aliphatic rings. The number of ether oxygens (including phenoxy) is 1. The number of hydrogen-bond donors (Lipinski definition) is 2. The fourth-order valence-electron chi connectivity index (χ4n) is 3.56. The van der Waals surface area contributed by atoms with Gasteiger partial charge in [0.2, 0.25) is 0 Å². The standard InChI is InChI=1S/C25H20ClNO3/c1-30-18-13-10-17(11-14-18)25(29)27-24(20-8-4-5-9-21(20)26)23-19-7-3-2-6-16(19)12-15-22(23)28/h2-15,24,28H,1H3,(H,27,29)/t24-/m0/s1. The van der Waals surface area contributed by atoms with E-state index in [1.165, 1.54) is 0 Å². The summed E-state index contributed by atoms with van der Waals surface area (Å²) in [7, 11) is 1.58. The van der Waals surface area contributed by atoms with Crippen molar-refractivity contribution >= 4 is 28.3 Å². The van der Waals surface area contributed by atoms with E-state index in [0.717, 1.165) is 10.8 Å². The summed E-state index contributed by atoms with van der Waals surface area (Å²) in [6.45, 7) is 0.